The van der Waals surface area contributed by atoms with E-state index in [0.717, 1.165) is 11.3 Å². The van der Waals surface area contributed by atoms with Crippen LogP contribution in [0.2, 0.25) is 0 Å². The molecular formula is C15H23NO3. The summed E-state index contributed by atoms with van der Waals surface area (Å²) in [6, 6.07) is 4.06. The number of carbonyl (C=O) groups is 1. The van der Waals surface area contributed by atoms with Crippen molar-refractivity contribution in [2.75, 3.05) is 20.8 Å². The van der Waals surface area contributed by atoms with Gasteiger partial charge in [0.1, 0.15) is 5.75 Å². The summed E-state index contributed by atoms with van der Waals surface area (Å²) in [7, 11) is 3.41. The molecule has 0 aliphatic carbocycles. The van der Waals surface area contributed by atoms with Crippen molar-refractivity contribution in [2.45, 2.75) is 33.2 Å². The van der Waals surface area contributed by atoms with E-state index in [1.165, 1.54) is 11.1 Å². The van der Waals surface area contributed by atoms with Crippen molar-refractivity contribution in [3.8, 4) is 5.75 Å². The number of carbonyl (C=O) groups excluding carboxylic acids is 1. The summed E-state index contributed by atoms with van der Waals surface area (Å²) in [5, 5.41) is 8.75. The van der Waals surface area contributed by atoms with Crippen LogP contribution < -0.4 is 4.74 Å². The van der Waals surface area contributed by atoms with Crippen LogP contribution in [-0.2, 0) is 11.3 Å². The third-order valence-corrected chi connectivity index (χ3v) is 3.28. The van der Waals surface area contributed by atoms with Gasteiger partial charge in [-0.3, -0.25) is 4.79 Å². The number of aryl methyl sites for hydroxylation is 2. The first-order chi connectivity index (χ1) is 8.99. The zero-order chi connectivity index (χ0) is 14.4. The molecule has 0 bridgehead atoms. The Balaban J connectivity index is 2.81. The Morgan fingerprint density at radius 1 is 1.32 bits per heavy atom. The van der Waals surface area contributed by atoms with Gasteiger partial charge in [0, 0.05) is 32.2 Å². The molecule has 0 saturated carbocycles. The molecule has 1 aromatic carbocycles. The molecule has 0 aliphatic heterocycles. The normalized spacial score (nSPS) is 10.4. The van der Waals surface area contributed by atoms with Crippen LogP contribution >= 0.6 is 0 Å². The molecule has 0 unspecified atom stereocenters. The smallest absolute Gasteiger partial charge is 0.222 e. The van der Waals surface area contributed by atoms with Gasteiger partial charge in [0.2, 0.25) is 5.91 Å². The van der Waals surface area contributed by atoms with Crippen molar-refractivity contribution >= 4 is 5.91 Å². The van der Waals surface area contributed by atoms with Crippen molar-refractivity contribution in [3.63, 3.8) is 0 Å². The molecule has 106 valence electrons. The van der Waals surface area contributed by atoms with E-state index in [9.17, 15) is 4.79 Å². The fourth-order valence-corrected chi connectivity index (χ4v) is 1.93. The minimum Gasteiger partial charge on any atom is -0.496 e. The first-order valence-electron chi connectivity index (χ1n) is 6.48. The fraction of sp³-hybridized carbons (Fsp3) is 0.533. The fourth-order valence-electron chi connectivity index (χ4n) is 1.93. The molecule has 0 heterocycles. The van der Waals surface area contributed by atoms with Crippen LogP contribution in [0.1, 0.15) is 29.5 Å². The minimum absolute atomic E-state index is 0.0364. The first-order valence-corrected chi connectivity index (χ1v) is 6.48. The van der Waals surface area contributed by atoms with E-state index in [2.05, 4.69) is 6.07 Å². The van der Waals surface area contributed by atoms with Gasteiger partial charge < -0.3 is 14.7 Å². The number of rotatable bonds is 6. The number of benzene rings is 1. The van der Waals surface area contributed by atoms with Crippen molar-refractivity contribution < 1.29 is 14.6 Å². The Morgan fingerprint density at radius 2 is 1.95 bits per heavy atom. The monoisotopic (exact) mass is 265 g/mol. The predicted molar refractivity (Wildman–Crippen MR) is 75.3 cm³/mol. The molecule has 1 amide bonds. The molecule has 1 rings (SSSR count). The highest BCUT2D eigenvalue weighted by Crippen LogP contribution is 2.24. The summed E-state index contributed by atoms with van der Waals surface area (Å²) in [6.45, 7) is 4.66. The summed E-state index contributed by atoms with van der Waals surface area (Å²) in [4.78, 5) is 13.5. The van der Waals surface area contributed by atoms with E-state index in [0.29, 0.717) is 19.4 Å². The molecule has 4 nitrogen and oxygen atoms in total. The van der Waals surface area contributed by atoms with E-state index in [4.69, 9.17) is 9.84 Å². The molecule has 0 aliphatic rings. The average molecular weight is 265 g/mol. The molecule has 4 heteroatoms. The standard InChI is InChI=1S/C15H23NO3/c1-11-8-13(14(19-4)9-12(11)2)10-16(3)15(18)6-5-7-17/h8-9,17H,5-7,10H2,1-4H3. The highest BCUT2D eigenvalue weighted by Gasteiger charge is 2.12. The molecule has 1 N–H and O–H groups in total. The quantitative estimate of drug-likeness (QED) is 0.856. The number of methoxy groups -OCH3 is 1. The number of amides is 1. The lowest BCUT2D eigenvalue weighted by Gasteiger charge is -2.20. The number of hydrogen-bond donors (Lipinski definition) is 1. The number of aliphatic hydroxyl groups excluding tert-OH is 1. The van der Waals surface area contributed by atoms with Crippen LogP contribution in [0.4, 0.5) is 0 Å². The van der Waals surface area contributed by atoms with Crippen LogP contribution in [0.5, 0.6) is 5.75 Å². The SMILES string of the molecule is COc1cc(C)c(C)cc1CN(C)C(=O)CCCO. The van der Waals surface area contributed by atoms with Gasteiger partial charge in [-0.05, 0) is 37.5 Å². The zero-order valence-corrected chi connectivity index (χ0v) is 12.2. The van der Waals surface area contributed by atoms with E-state index < -0.39 is 0 Å². The zero-order valence-electron chi connectivity index (χ0n) is 12.2. The summed E-state index contributed by atoms with van der Waals surface area (Å²) >= 11 is 0. The molecule has 0 saturated heterocycles. The lowest BCUT2D eigenvalue weighted by Crippen LogP contribution is -2.26. The molecule has 1 aromatic rings. The minimum atomic E-state index is 0.0364. The van der Waals surface area contributed by atoms with Gasteiger partial charge in [-0.25, -0.2) is 0 Å². The predicted octanol–water partition coefficient (Wildman–Crippen LogP) is 2.04. The molecule has 0 spiro atoms. The van der Waals surface area contributed by atoms with Gasteiger partial charge in [0.25, 0.3) is 0 Å². The van der Waals surface area contributed by atoms with Crippen LogP contribution in [0, 0.1) is 13.8 Å². The van der Waals surface area contributed by atoms with Crippen molar-refractivity contribution in [3.05, 3.63) is 28.8 Å². The number of hydrogen-bond acceptors (Lipinski definition) is 3. The second-order valence-electron chi connectivity index (χ2n) is 4.83. The number of nitrogens with zero attached hydrogens (tertiary/aromatic N) is 1. The topological polar surface area (TPSA) is 49.8 Å². The Hall–Kier alpha value is -1.55. The summed E-state index contributed by atoms with van der Waals surface area (Å²) < 4.78 is 5.36. The lowest BCUT2D eigenvalue weighted by atomic mass is 10.0. The van der Waals surface area contributed by atoms with E-state index in [-0.39, 0.29) is 12.5 Å². The van der Waals surface area contributed by atoms with Crippen LogP contribution in [0.15, 0.2) is 12.1 Å². The van der Waals surface area contributed by atoms with Gasteiger partial charge in [0.15, 0.2) is 0 Å². The largest absolute Gasteiger partial charge is 0.496 e. The van der Waals surface area contributed by atoms with Crippen LogP contribution in [0.25, 0.3) is 0 Å². The summed E-state index contributed by atoms with van der Waals surface area (Å²) in [6.07, 6.45) is 0.882. The number of aliphatic hydroxyl groups is 1. The van der Waals surface area contributed by atoms with Gasteiger partial charge in [-0.15, -0.1) is 0 Å². The highest BCUT2D eigenvalue weighted by atomic mass is 16.5. The summed E-state index contributed by atoms with van der Waals surface area (Å²) in [5.41, 5.74) is 3.37. The van der Waals surface area contributed by atoms with Crippen LogP contribution in [-0.4, -0.2) is 36.7 Å². The van der Waals surface area contributed by atoms with Crippen LogP contribution in [0.3, 0.4) is 0 Å². The maximum Gasteiger partial charge on any atom is 0.222 e. The third kappa shape index (κ3) is 4.24. The van der Waals surface area contributed by atoms with Gasteiger partial charge in [-0.2, -0.15) is 0 Å². The molecular weight excluding hydrogens is 242 g/mol. The second kappa shape index (κ2) is 7.14. The molecule has 19 heavy (non-hydrogen) atoms. The maximum atomic E-state index is 11.8. The highest BCUT2D eigenvalue weighted by molar-refractivity contribution is 5.75. The third-order valence-electron chi connectivity index (χ3n) is 3.28. The Kier molecular flexibility index (Phi) is 5.83. The van der Waals surface area contributed by atoms with Crippen molar-refractivity contribution in [2.24, 2.45) is 0 Å². The van der Waals surface area contributed by atoms with Gasteiger partial charge >= 0.3 is 0 Å². The molecule has 0 radical (unpaired) electrons. The van der Waals surface area contributed by atoms with E-state index in [1.807, 2.05) is 19.9 Å². The van der Waals surface area contributed by atoms with Crippen molar-refractivity contribution in [1.82, 2.24) is 4.90 Å². The Morgan fingerprint density at radius 3 is 2.53 bits per heavy atom. The second-order valence-corrected chi connectivity index (χ2v) is 4.83. The van der Waals surface area contributed by atoms with Gasteiger partial charge in [-0.1, -0.05) is 6.07 Å². The Bertz CT molecular complexity index is 443. The van der Waals surface area contributed by atoms with E-state index in [1.54, 1.807) is 19.1 Å². The average Bonchev–Trinajstić information content (AvgIpc) is 2.39. The summed E-state index contributed by atoms with van der Waals surface area (Å²) in [5.74, 6) is 0.847. The number of ether oxygens (including phenoxy) is 1. The van der Waals surface area contributed by atoms with E-state index >= 15 is 0 Å². The molecule has 0 aromatic heterocycles. The molecule has 0 atom stereocenters. The Labute approximate surface area is 115 Å². The maximum absolute atomic E-state index is 11.8. The van der Waals surface area contributed by atoms with Gasteiger partial charge in [0.05, 0.1) is 7.11 Å². The first kappa shape index (κ1) is 15.5. The van der Waals surface area contributed by atoms with Crippen molar-refractivity contribution in [1.29, 1.82) is 0 Å². The lowest BCUT2D eigenvalue weighted by molar-refractivity contribution is -0.130. The molecule has 0 fully saturated rings.